The Bertz CT molecular complexity index is 423. The molecule has 5 nitrogen and oxygen atoms in total. The van der Waals surface area contributed by atoms with E-state index in [2.05, 4.69) is 21.0 Å². The zero-order valence-corrected chi connectivity index (χ0v) is 8.95. The average molecular weight is 276 g/mol. The molecule has 0 atom stereocenters. The number of hydrazone groups is 1. The van der Waals surface area contributed by atoms with E-state index in [0.29, 0.717) is 0 Å². The summed E-state index contributed by atoms with van der Waals surface area (Å²) in [6.07, 6.45) is 1.14. The molecule has 0 saturated carbocycles. The van der Waals surface area contributed by atoms with Gasteiger partial charge in [-0.15, -0.1) is 0 Å². The molecular formula is C8H7BrFN3O2. The molecule has 0 fully saturated rings. The monoisotopic (exact) mass is 275 g/mol. The van der Waals surface area contributed by atoms with Crippen molar-refractivity contribution in [3.8, 4) is 5.75 Å². The Balaban J connectivity index is 2.92. The minimum atomic E-state index is -0.827. The van der Waals surface area contributed by atoms with Gasteiger partial charge in [-0.25, -0.2) is 14.6 Å². The zero-order valence-electron chi connectivity index (χ0n) is 7.37. The van der Waals surface area contributed by atoms with Crippen molar-refractivity contribution >= 4 is 28.2 Å². The van der Waals surface area contributed by atoms with Gasteiger partial charge in [0.05, 0.1) is 10.7 Å². The Labute approximate surface area is 92.9 Å². The van der Waals surface area contributed by atoms with Crippen LogP contribution in [0, 0.1) is 5.82 Å². The number of hydrogen-bond donors (Lipinski definition) is 3. The van der Waals surface area contributed by atoms with Gasteiger partial charge < -0.3 is 10.8 Å². The molecular weight excluding hydrogens is 269 g/mol. The van der Waals surface area contributed by atoms with Crippen molar-refractivity contribution in [2.24, 2.45) is 10.8 Å². The molecule has 0 saturated heterocycles. The lowest BCUT2D eigenvalue weighted by molar-refractivity contribution is 0.249. The minimum absolute atomic E-state index is 0.0643. The van der Waals surface area contributed by atoms with Gasteiger partial charge in [-0.05, 0) is 28.1 Å². The number of urea groups is 1. The number of hydrogen-bond acceptors (Lipinski definition) is 3. The summed E-state index contributed by atoms with van der Waals surface area (Å²) >= 11 is 2.85. The minimum Gasteiger partial charge on any atom is -0.506 e. The highest BCUT2D eigenvalue weighted by atomic mass is 79.9. The summed E-state index contributed by atoms with van der Waals surface area (Å²) in [5.74, 6) is -0.891. The SMILES string of the molecule is NC(=O)NN=Cc1ccc(F)c(Br)c1O. The molecule has 1 aromatic rings. The van der Waals surface area contributed by atoms with Crippen LogP contribution in [0.5, 0.6) is 5.75 Å². The third-order valence-corrected chi connectivity index (χ3v) is 2.23. The maximum atomic E-state index is 12.9. The highest BCUT2D eigenvalue weighted by Gasteiger charge is 2.08. The third kappa shape index (κ3) is 2.91. The van der Waals surface area contributed by atoms with Crippen LogP contribution in [0.3, 0.4) is 0 Å². The summed E-state index contributed by atoms with van der Waals surface area (Å²) in [4.78, 5) is 10.3. The number of amides is 2. The molecule has 0 aliphatic rings. The number of phenolic OH excluding ortho intramolecular Hbond substituents is 1. The molecule has 0 aliphatic carbocycles. The number of nitrogens with two attached hydrogens (primary N) is 1. The quantitative estimate of drug-likeness (QED) is 0.561. The molecule has 0 unspecified atom stereocenters. The highest BCUT2D eigenvalue weighted by Crippen LogP contribution is 2.29. The van der Waals surface area contributed by atoms with Gasteiger partial charge in [0, 0.05) is 5.56 Å². The van der Waals surface area contributed by atoms with Gasteiger partial charge in [0.15, 0.2) is 0 Å². The topological polar surface area (TPSA) is 87.7 Å². The van der Waals surface area contributed by atoms with Crippen molar-refractivity contribution in [1.29, 1.82) is 0 Å². The van der Waals surface area contributed by atoms with Crippen LogP contribution in [-0.4, -0.2) is 17.4 Å². The number of carbonyl (C=O) groups is 1. The maximum Gasteiger partial charge on any atom is 0.332 e. The second kappa shape index (κ2) is 4.74. The van der Waals surface area contributed by atoms with Crippen LogP contribution in [0.1, 0.15) is 5.56 Å². The standard InChI is InChI=1S/C8H7BrFN3O2/c9-6-5(10)2-1-4(7(6)14)3-12-13-8(11)15/h1-3,14H,(H3,11,13,15). The Morgan fingerprint density at radius 1 is 1.67 bits per heavy atom. The summed E-state index contributed by atoms with van der Waals surface area (Å²) in [6, 6.07) is 1.63. The molecule has 1 aromatic carbocycles. The van der Waals surface area contributed by atoms with Crippen LogP contribution < -0.4 is 11.2 Å². The maximum absolute atomic E-state index is 12.9. The Kier molecular flexibility index (Phi) is 3.62. The lowest BCUT2D eigenvalue weighted by Gasteiger charge is -2.01. The summed E-state index contributed by atoms with van der Waals surface area (Å²) in [6.45, 7) is 0. The summed E-state index contributed by atoms with van der Waals surface area (Å²) < 4.78 is 12.8. The Hall–Kier alpha value is -1.63. The number of phenols is 1. The smallest absolute Gasteiger partial charge is 0.332 e. The third-order valence-electron chi connectivity index (χ3n) is 1.48. The summed E-state index contributed by atoms with van der Waals surface area (Å²) in [5, 5.41) is 12.8. The van der Waals surface area contributed by atoms with Crippen molar-refractivity contribution in [3.05, 3.63) is 28.0 Å². The Morgan fingerprint density at radius 2 is 2.33 bits per heavy atom. The van der Waals surface area contributed by atoms with E-state index in [4.69, 9.17) is 5.73 Å². The molecule has 1 rings (SSSR count). The van der Waals surface area contributed by atoms with Gasteiger partial charge in [-0.1, -0.05) is 0 Å². The molecule has 0 aromatic heterocycles. The second-order valence-electron chi connectivity index (χ2n) is 2.53. The highest BCUT2D eigenvalue weighted by molar-refractivity contribution is 9.10. The fourth-order valence-corrected chi connectivity index (χ4v) is 1.19. The van der Waals surface area contributed by atoms with Crippen LogP contribution in [0.2, 0.25) is 0 Å². The summed E-state index contributed by atoms with van der Waals surface area (Å²) in [5.41, 5.74) is 6.94. The van der Waals surface area contributed by atoms with Crippen LogP contribution in [-0.2, 0) is 0 Å². The van der Waals surface area contributed by atoms with Gasteiger partial charge in [0.1, 0.15) is 11.6 Å². The van der Waals surface area contributed by atoms with Crippen molar-refractivity contribution in [2.75, 3.05) is 0 Å². The van der Waals surface area contributed by atoms with Crippen molar-refractivity contribution in [2.45, 2.75) is 0 Å². The first-order valence-corrected chi connectivity index (χ1v) is 4.57. The number of aromatic hydroxyl groups is 1. The molecule has 4 N–H and O–H groups in total. The molecule has 15 heavy (non-hydrogen) atoms. The van der Waals surface area contributed by atoms with E-state index in [1.807, 2.05) is 5.43 Å². The van der Waals surface area contributed by atoms with Crippen LogP contribution >= 0.6 is 15.9 Å². The van der Waals surface area contributed by atoms with Gasteiger partial charge in [0.2, 0.25) is 0 Å². The predicted octanol–water partition coefficient (Wildman–Crippen LogP) is 1.30. The van der Waals surface area contributed by atoms with E-state index >= 15 is 0 Å². The van der Waals surface area contributed by atoms with Crippen LogP contribution in [0.4, 0.5) is 9.18 Å². The zero-order chi connectivity index (χ0) is 11.4. The van der Waals surface area contributed by atoms with E-state index in [1.54, 1.807) is 0 Å². The molecule has 80 valence electrons. The van der Waals surface area contributed by atoms with E-state index in [1.165, 1.54) is 6.07 Å². The van der Waals surface area contributed by atoms with Gasteiger partial charge in [-0.2, -0.15) is 5.10 Å². The largest absolute Gasteiger partial charge is 0.506 e. The molecule has 0 bridgehead atoms. The molecule has 7 heteroatoms. The first kappa shape index (κ1) is 11.4. The number of rotatable bonds is 2. The van der Waals surface area contributed by atoms with E-state index in [-0.39, 0.29) is 15.8 Å². The van der Waals surface area contributed by atoms with E-state index < -0.39 is 11.8 Å². The first-order chi connectivity index (χ1) is 7.02. The molecule has 0 radical (unpaired) electrons. The Morgan fingerprint density at radius 3 is 2.93 bits per heavy atom. The first-order valence-electron chi connectivity index (χ1n) is 3.78. The normalized spacial score (nSPS) is 10.5. The molecule has 2 amide bonds. The number of halogens is 2. The van der Waals surface area contributed by atoms with Crippen molar-refractivity contribution < 1.29 is 14.3 Å². The van der Waals surface area contributed by atoms with E-state index in [9.17, 15) is 14.3 Å². The predicted molar refractivity (Wildman–Crippen MR) is 56.1 cm³/mol. The van der Waals surface area contributed by atoms with Crippen molar-refractivity contribution in [3.63, 3.8) is 0 Å². The van der Waals surface area contributed by atoms with Gasteiger partial charge in [-0.3, -0.25) is 0 Å². The number of nitrogens with one attached hydrogen (secondary N) is 1. The second-order valence-corrected chi connectivity index (χ2v) is 3.33. The average Bonchev–Trinajstić information content (AvgIpc) is 2.18. The van der Waals surface area contributed by atoms with E-state index in [0.717, 1.165) is 12.3 Å². The van der Waals surface area contributed by atoms with Crippen LogP contribution in [0.15, 0.2) is 21.7 Å². The van der Waals surface area contributed by atoms with Crippen molar-refractivity contribution in [1.82, 2.24) is 5.43 Å². The van der Waals surface area contributed by atoms with Gasteiger partial charge in [0.25, 0.3) is 0 Å². The van der Waals surface area contributed by atoms with Crippen LogP contribution in [0.25, 0.3) is 0 Å². The number of carbonyl (C=O) groups excluding carboxylic acids is 1. The number of nitrogens with zero attached hydrogens (tertiary/aromatic N) is 1. The number of primary amides is 1. The molecule has 0 spiro atoms. The molecule has 0 heterocycles. The fraction of sp³-hybridized carbons (Fsp3) is 0. The molecule has 0 aliphatic heterocycles. The summed E-state index contributed by atoms with van der Waals surface area (Å²) in [7, 11) is 0. The lowest BCUT2D eigenvalue weighted by Crippen LogP contribution is -2.24. The number of benzene rings is 1. The fourth-order valence-electron chi connectivity index (χ4n) is 0.824. The lowest BCUT2D eigenvalue weighted by atomic mass is 10.2. The van der Waals surface area contributed by atoms with Gasteiger partial charge >= 0.3 is 6.03 Å².